The fourth-order valence-corrected chi connectivity index (χ4v) is 10.8. The van der Waals surface area contributed by atoms with Gasteiger partial charge in [-0.05, 0) is 73.5 Å². The number of ether oxygens (including phenoxy) is 2. The monoisotopic (exact) mass is 1170 g/mol. The molecule has 25 nitrogen and oxygen atoms in total. The molecular weight excluding hydrogens is 1080 g/mol. The van der Waals surface area contributed by atoms with Gasteiger partial charge in [0.1, 0.15) is 54.1 Å². The quantitative estimate of drug-likeness (QED) is 0.166. The number of fused-ring (bicyclic) bond motifs is 1. The van der Waals surface area contributed by atoms with Crippen molar-refractivity contribution in [2.24, 2.45) is 29.6 Å². The number of amides is 9. The Kier molecular flexibility index (Phi) is 26.4. The number of carbonyl (C=O) groups is 12. The molecule has 25 heteroatoms. The van der Waals surface area contributed by atoms with Gasteiger partial charge in [0.2, 0.25) is 47.3 Å². The zero-order chi connectivity index (χ0) is 63.1. The van der Waals surface area contributed by atoms with Gasteiger partial charge < -0.3 is 65.0 Å². The average Bonchev–Trinajstić information content (AvgIpc) is 3.50. The first-order valence-electron chi connectivity index (χ1n) is 28.6. The zero-order valence-electron chi connectivity index (χ0n) is 51.3. The highest BCUT2D eigenvalue weighted by atomic mass is 16.5. The number of nitrogens with one attached hydrogen (secondary N) is 3. The minimum absolute atomic E-state index is 0.0692. The van der Waals surface area contributed by atoms with Crippen LogP contribution < -0.4 is 20.7 Å². The van der Waals surface area contributed by atoms with Crippen LogP contribution in [0.4, 0.5) is 0 Å². The number of cyclic esters (lactones) is 1. The number of rotatable bonds is 14. The number of carbonyl (C=O) groups excluding carboxylic acids is 10. The van der Waals surface area contributed by atoms with Crippen molar-refractivity contribution in [1.29, 1.82) is 0 Å². The summed E-state index contributed by atoms with van der Waals surface area (Å²) >= 11 is 0. The van der Waals surface area contributed by atoms with E-state index in [4.69, 9.17) is 14.6 Å². The van der Waals surface area contributed by atoms with Gasteiger partial charge in [-0.3, -0.25) is 47.9 Å². The summed E-state index contributed by atoms with van der Waals surface area (Å²) < 4.78 is 11.1. The number of piperidine rings is 1. The summed E-state index contributed by atoms with van der Waals surface area (Å²) in [6.07, 6.45) is -0.811. The molecule has 2 heterocycles. The van der Waals surface area contributed by atoms with E-state index in [0.717, 1.165) is 14.7 Å². The number of likely N-dealkylation sites (N-methyl/N-ethyl adjacent to an activating group) is 5. The summed E-state index contributed by atoms with van der Waals surface area (Å²) in [6.45, 7) is 17.0. The van der Waals surface area contributed by atoms with E-state index in [-0.39, 0.29) is 25.1 Å². The lowest BCUT2D eigenvalue weighted by molar-refractivity contribution is -0.165. The smallest absolute Gasteiger partial charge is 0.341 e. The standard InChI is InChI=1S/C58H91N9O16/c1-17-34(9)48-50(73)59-29-42(68)63(13)46(32(5)6)51(74)60-39(27-37-22-24-38(25-23-37)82-30-44(71)72)58(81)83-36(11)53(76)67-26-20-19-21-40(67)54(77)64(14)47(33(7)8)52(75)61-45(31(3)4)56(79)62(12)41(28-43(69)70)55(78)66(16)49(35(10)18-2)57(80)65(48)15/h22-25,31-36,39-41,45-49H,17-21,26-30H2,1-16H3,(H,59,73)(H,60,74)(H,61,75)(H,69,70)(H,71,72)/t34-,35+,36-,39+,40+,41+,45+,46+,47+,48+,49+/m1/s1. The van der Waals surface area contributed by atoms with Crippen LogP contribution in [0.3, 0.4) is 0 Å². The molecule has 2 fully saturated rings. The molecule has 0 saturated carbocycles. The molecule has 11 atom stereocenters. The lowest BCUT2D eigenvalue weighted by atomic mass is 9.92. The fourth-order valence-electron chi connectivity index (χ4n) is 10.8. The molecule has 3 rings (SSSR count). The Morgan fingerprint density at radius 3 is 1.67 bits per heavy atom. The van der Waals surface area contributed by atoms with E-state index >= 15 is 0 Å². The van der Waals surface area contributed by atoms with E-state index < -0.39 is 175 Å². The van der Waals surface area contributed by atoms with Crippen LogP contribution in [-0.4, -0.2) is 220 Å². The predicted molar refractivity (Wildman–Crippen MR) is 304 cm³/mol. The Hall–Kier alpha value is -7.34. The van der Waals surface area contributed by atoms with Crippen LogP contribution in [0, 0.1) is 29.6 Å². The third-order valence-electron chi connectivity index (χ3n) is 15.9. The first kappa shape index (κ1) is 69.9. The number of benzene rings is 1. The van der Waals surface area contributed by atoms with Crippen molar-refractivity contribution >= 4 is 71.1 Å². The molecule has 0 unspecified atom stereocenters. The van der Waals surface area contributed by atoms with E-state index in [1.54, 1.807) is 69.2 Å². The minimum Gasteiger partial charge on any atom is -0.482 e. The molecule has 2 aliphatic heterocycles. The molecule has 2 aliphatic rings. The SMILES string of the molecule is CC[C@@H](C)[C@H]1C(=O)NCC(=O)N(C)[C@@H](C(C)C)C(=O)N[C@@H](Cc2ccc(OCC(=O)O)cc2)C(=O)O[C@H](C)C(=O)N2CCCC[C@H]2C(=O)N(C)[C@@H](C(C)C)C(=O)N[C@@H](C(C)C)C(=O)N(C)[C@@H](CC(=O)O)C(=O)N(C)[C@@H]([C@@H](C)CC)C(=O)N1C. The van der Waals surface area contributed by atoms with Gasteiger partial charge in [-0.1, -0.05) is 94.2 Å². The molecular formula is C58H91N9O16. The second-order valence-electron chi connectivity index (χ2n) is 23.1. The molecule has 0 spiro atoms. The summed E-state index contributed by atoms with van der Waals surface area (Å²) in [5, 5.41) is 27.4. The number of nitrogens with zero attached hydrogens (tertiary/aromatic N) is 6. The first-order valence-corrected chi connectivity index (χ1v) is 28.6. The van der Waals surface area contributed by atoms with Crippen LogP contribution in [0.1, 0.15) is 120 Å². The van der Waals surface area contributed by atoms with Crippen molar-refractivity contribution in [3.05, 3.63) is 29.8 Å². The molecule has 83 heavy (non-hydrogen) atoms. The van der Waals surface area contributed by atoms with Crippen LogP contribution in [-0.2, 0) is 68.7 Å². The summed E-state index contributed by atoms with van der Waals surface area (Å²) in [5.41, 5.74) is 0.444. The highest BCUT2D eigenvalue weighted by molar-refractivity contribution is 5.99. The van der Waals surface area contributed by atoms with Crippen LogP contribution in [0.25, 0.3) is 0 Å². The summed E-state index contributed by atoms with van der Waals surface area (Å²) in [7, 11) is 6.64. The lowest BCUT2D eigenvalue weighted by Gasteiger charge is -2.41. The fraction of sp³-hybridized carbons (Fsp3) is 0.690. The normalized spacial score (nSPS) is 26.1. The van der Waals surface area contributed by atoms with Crippen LogP contribution in [0.15, 0.2) is 24.3 Å². The molecule has 464 valence electrons. The zero-order valence-corrected chi connectivity index (χ0v) is 51.3. The largest absolute Gasteiger partial charge is 0.482 e. The second-order valence-corrected chi connectivity index (χ2v) is 23.1. The maximum Gasteiger partial charge on any atom is 0.341 e. The van der Waals surface area contributed by atoms with E-state index in [2.05, 4.69) is 16.0 Å². The van der Waals surface area contributed by atoms with Crippen molar-refractivity contribution in [1.82, 2.24) is 45.3 Å². The van der Waals surface area contributed by atoms with Gasteiger partial charge in [-0.15, -0.1) is 0 Å². The van der Waals surface area contributed by atoms with Gasteiger partial charge in [-0.2, -0.15) is 0 Å². The Morgan fingerprint density at radius 1 is 0.614 bits per heavy atom. The van der Waals surface area contributed by atoms with Crippen LogP contribution >= 0.6 is 0 Å². The van der Waals surface area contributed by atoms with Crippen molar-refractivity contribution in [2.45, 2.75) is 176 Å². The number of carboxylic acid groups (broad SMARTS) is 2. The molecule has 0 aliphatic carbocycles. The van der Waals surface area contributed by atoms with E-state index in [1.807, 2.05) is 0 Å². The topological polar surface area (TPSA) is 319 Å². The molecule has 1 aromatic rings. The number of hydrogen-bond acceptors (Lipinski definition) is 14. The van der Waals surface area contributed by atoms with Gasteiger partial charge in [0.05, 0.1) is 13.0 Å². The van der Waals surface area contributed by atoms with E-state index in [1.165, 1.54) is 81.1 Å². The number of esters is 1. The number of hydrogen-bond donors (Lipinski definition) is 5. The van der Waals surface area contributed by atoms with Crippen molar-refractivity contribution in [3.63, 3.8) is 0 Å². The first-order chi connectivity index (χ1) is 38.7. The van der Waals surface area contributed by atoms with Crippen molar-refractivity contribution in [3.8, 4) is 5.75 Å². The highest BCUT2D eigenvalue weighted by Gasteiger charge is 2.46. The number of aliphatic carboxylic acids is 2. The van der Waals surface area contributed by atoms with Crippen molar-refractivity contribution in [2.75, 3.05) is 54.9 Å². The van der Waals surface area contributed by atoms with E-state index in [9.17, 15) is 62.6 Å². The third kappa shape index (κ3) is 18.1. The predicted octanol–water partition coefficient (Wildman–Crippen LogP) is 1.77. The summed E-state index contributed by atoms with van der Waals surface area (Å²) in [6, 6.07) is -4.80. The maximum absolute atomic E-state index is 14.9. The minimum atomic E-state index is -1.71. The average molecular weight is 1170 g/mol. The molecule has 1 aromatic carbocycles. The Morgan fingerprint density at radius 2 is 1.14 bits per heavy atom. The molecule has 2 saturated heterocycles. The Balaban J connectivity index is 2.28. The number of carboxylic acids is 2. The van der Waals surface area contributed by atoms with Gasteiger partial charge in [-0.25, -0.2) is 9.59 Å². The van der Waals surface area contributed by atoms with E-state index in [0.29, 0.717) is 31.2 Å². The summed E-state index contributed by atoms with van der Waals surface area (Å²) in [4.78, 5) is 176. The molecule has 0 bridgehead atoms. The Bertz CT molecular complexity index is 2510. The molecule has 9 amide bonds. The van der Waals surface area contributed by atoms with Crippen LogP contribution in [0.5, 0.6) is 5.75 Å². The van der Waals surface area contributed by atoms with Crippen LogP contribution in [0.2, 0.25) is 0 Å². The summed E-state index contributed by atoms with van der Waals surface area (Å²) in [5.74, 6) is -13.4. The highest BCUT2D eigenvalue weighted by Crippen LogP contribution is 2.27. The lowest BCUT2D eigenvalue weighted by Crippen LogP contribution is -2.63. The Labute approximate surface area is 487 Å². The third-order valence-corrected chi connectivity index (χ3v) is 15.9. The second kappa shape index (κ2) is 31.4. The molecule has 0 aromatic heterocycles. The molecule has 5 N–H and O–H groups in total. The maximum atomic E-state index is 14.9. The van der Waals surface area contributed by atoms with Gasteiger partial charge in [0.15, 0.2) is 12.7 Å². The van der Waals surface area contributed by atoms with Gasteiger partial charge in [0.25, 0.3) is 5.91 Å². The van der Waals surface area contributed by atoms with Crippen molar-refractivity contribution < 1.29 is 77.2 Å². The van der Waals surface area contributed by atoms with Gasteiger partial charge >= 0.3 is 17.9 Å². The molecule has 0 radical (unpaired) electrons. The van der Waals surface area contributed by atoms with Gasteiger partial charge in [0, 0.05) is 48.2 Å².